The van der Waals surface area contributed by atoms with E-state index >= 15 is 0 Å². The van der Waals surface area contributed by atoms with Gasteiger partial charge in [-0.1, -0.05) is 11.6 Å². The monoisotopic (exact) mass is 213 g/mol. The van der Waals surface area contributed by atoms with Crippen LogP contribution in [0, 0.1) is 0 Å². The van der Waals surface area contributed by atoms with Crippen LogP contribution in [-0.4, -0.2) is 30.6 Å². The van der Waals surface area contributed by atoms with Crippen molar-refractivity contribution in [1.82, 2.24) is 5.32 Å². The van der Waals surface area contributed by atoms with Gasteiger partial charge in [-0.05, 0) is 24.3 Å². The van der Waals surface area contributed by atoms with Gasteiger partial charge in [-0.2, -0.15) is 0 Å². The topological polar surface area (TPSA) is 49.3 Å². The molecular weight excluding hydrogens is 202 g/mol. The molecule has 4 heteroatoms. The smallest absolute Gasteiger partial charge is 0.176 e. The van der Waals surface area contributed by atoms with Crippen LogP contribution in [0.1, 0.15) is 10.4 Å². The Morgan fingerprint density at radius 1 is 1.36 bits per heavy atom. The molecule has 0 bridgehead atoms. The van der Waals surface area contributed by atoms with E-state index in [4.69, 9.17) is 16.7 Å². The minimum atomic E-state index is -0.00452. The maximum Gasteiger partial charge on any atom is 0.176 e. The van der Waals surface area contributed by atoms with Crippen molar-refractivity contribution in [3.8, 4) is 0 Å². The minimum absolute atomic E-state index is 0.00452. The zero-order chi connectivity index (χ0) is 10.4. The standard InChI is InChI=1S/C10H12ClNO2/c11-9-3-1-8(2-4-9)10(14)7-12-5-6-13/h1-4,12-13H,5-7H2. The van der Waals surface area contributed by atoms with Crippen LogP contribution >= 0.6 is 11.6 Å². The highest BCUT2D eigenvalue weighted by molar-refractivity contribution is 6.30. The Kier molecular flexibility index (Phi) is 4.59. The molecule has 76 valence electrons. The number of carbonyl (C=O) groups is 1. The van der Waals surface area contributed by atoms with Gasteiger partial charge >= 0.3 is 0 Å². The normalized spacial score (nSPS) is 10.1. The van der Waals surface area contributed by atoms with Crippen molar-refractivity contribution in [3.63, 3.8) is 0 Å². The van der Waals surface area contributed by atoms with E-state index in [-0.39, 0.29) is 18.9 Å². The summed E-state index contributed by atoms with van der Waals surface area (Å²) >= 11 is 5.68. The van der Waals surface area contributed by atoms with Gasteiger partial charge in [0.2, 0.25) is 0 Å². The fourth-order valence-corrected chi connectivity index (χ4v) is 1.14. The number of aliphatic hydroxyl groups is 1. The maximum atomic E-state index is 11.4. The average Bonchev–Trinajstić information content (AvgIpc) is 2.19. The fraction of sp³-hybridized carbons (Fsp3) is 0.300. The number of nitrogens with one attached hydrogen (secondary N) is 1. The largest absolute Gasteiger partial charge is 0.395 e. The predicted octanol–water partition coefficient (Wildman–Crippen LogP) is 1.10. The molecule has 1 aromatic rings. The first-order valence-corrected chi connectivity index (χ1v) is 4.72. The molecule has 3 nitrogen and oxygen atoms in total. The Morgan fingerprint density at radius 3 is 2.57 bits per heavy atom. The number of rotatable bonds is 5. The second-order valence-electron chi connectivity index (χ2n) is 2.83. The quantitative estimate of drug-likeness (QED) is 0.569. The van der Waals surface area contributed by atoms with Crippen LogP contribution in [0.5, 0.6) is 0 Å². The van der Waals surface area contributed by atoms with E-state index in [2.05, 4.69) is 5.32 Å². The van der Waals surface area contributed by atoms with E-state index in [1.165, 1.54) is 0 Å². The number of hydrogen-bond acceptors (Lipinski definition) is 3. The van der Waals surface area contributed by atoms with Crippen LogP contribution < -0.4 is 5.32 Å². The van der Waals surface area contributed by atoms with E-state index in [0.717, 1.165) is 0 Å². The zero-order valence-electron chi connectivity index (χ0n) is 7.66. The molecular formula is C10H12ClNO2. The third-order valence-corrected chi connectivity index (χ3v) is 1.99. The van der Waals surface area contributed by atoms with Gasteiger partial charge < -0.3 is 10.4 Å². The lowest BCUT2D eigenvalue weighted by Gasteiger charge is -2.02. The molecule has 0 aliphatic carbocycles. The van der Waals surface area contributed by atoms with E-state index in [0.29, 0.717) is 17.1 Å². The summed E-state index contributed by atoms with van der Waals surface area (Å²) in [6, 6.07) is 6.73. The lowest BCUT2D eigenvalue weighted by atomic mass is 10.1. The summed E-state index contributed by atoms with van der Waals surface area (Å²) in [5.74, 6) is -0.00452. The number of halogens is 1. The molecule has 0 aromatic heterocycles. The molecule has 0 aliphatic heterocycles. The Bertz CT molecular complexity index is 297. The van der Waals surface area contributed by atoms with E-state index in [1.807, 2.05) is 0 Å². The molecule has 0 aliphatic rings. The summed E-state index contributed by atoms with van der Waals surface area (Å²) in [4.78, 5) is 11.4. The minimum Gasteiger partial charge on any atom is -0.395 e. The summed E-state index contributed by atoms with van der Waals surface area (Å²) < 4.78 is 0. The first-order chi connectivity index (χ1) is 6.74. The van der Waals surface area contributed by atoms with Gasteiger partial charge in [-0.25, -0.2) is 0 Å². The van der Waals surface area contributed by atoms with E-state index in [9.17, 15) is 4.79 Å². The van der Waals surface area contributed by atoms with Crippen LogP contribution in [0.25, 0.3) is 0 Å². The molecule has 1 aromatic carbocycles. The van der Waals surface area contributed by atoms with Crippen molar-refractivity contribution >= 4 is 17.4 Å². The molecule has 2 N–H and O–H groups in total. The molecule has 0 saturated carbocycles. The van der Waals surface area contributed by atoms with Gasteiger partial charge in [0.25, 0.3) is 0 Å². The zero-order valence-corrected chi connectivity index (χ0v) is 8.42. The highest BCUT2D eigenvalue weighted by Gasteiger charge is 2.03. The molecule has 0 amide bonds. The Morgan fingerprint density at radius 2 is 2.00 bits per heavy atom. The van der Waals surface area contributed by atoms with Crippen LogP contribution in [0.4, 0.5) is 0 Å². The lowest BCUT2D eigenvalue weighted by molar-refractivity contribution is 0.0989. The number of Topliss-reactive ketones (excluding diaryl/α,β-unsaturated/α-hetero) is 1. The number of aliphatic hydroxyl groups excluding tert-OH is 1. The first-order valence-electron chi connectivity index (χ1n) is 4.34. The molecule has 14 heavy (non-hydrogen) atoms. The molecule has 1 rings (SSSR count). The summed E-state index contributed by atoms with van der Waals surface area (Å²) in [7, 11) is 0. The second-order valence-corrected chi connectivity index (χ2v) is 3.27. The molecule has 0 atom stereocenters. The van der Waals surface area contributed by atoms with Gasteiger partial charge in [-0.15, -0.1) is 0 Å². The van der Waals surface area contributed by atoms with Crippen molar-refractivity contribution in [2.75, 3.05) is 19.7 Å². The third kappa shape index (κ3) is 3.46. The van der Waals surface area contributed by atoms with Crippen molar-refractivity contribution in [3.05, 3.63) is 34.9 Å². The van der Waals surface area contributed by atoms with Crippen molar-refractivity contribution in [1.29, 1.82) is 0 Å². The molecule has 0 fully saturated rings. The van der Waals surface area contributed by atoms with Crippen LogP contribution in [0.2, 0.25) is 5.02 Å². The van der Waals surface area contributed by atoms with Gasteiger partial charge in [0, 0.05) is 17.1 Å². The molecule has 0 saturated heterocycles. The van der Waals surface area contributed by atoms with Crippen molar-refractivity contribution in [2.45, 2.75) is 0 Å². The lowest BCUT2D eigenvalue weighted by Crippen LogP contribution is -2.25. The van der Waals surface area contributed by atoms with Crippen LogP contribution in [0.3, 0.4) is 0 Å². The number of benzene rings is 1. The molecule has 0 radical (unpaired) electrons. The van der Waals surface area contributed by atoms with Crippen molar-refractivity contribution < 1.29 is 9.90 Å². The SMILES string of the molecule is O=C(CNCCO)c1ccc(Cl)cc1. The highest BCUT2D eigenvalue weighted by atomic mass is 35.5. The van der Waals surface area contributed by atoms with Gasteiger partial charge in [-0.3, -0.25) is 4.79 Å². The summed E-state index contributed by atoms with van der Waals surface area (Å²) in [5, 5.41) is 11.9. The fourth-order valence-electron chi connectivity index (χ4n) is 1.02. The Balaban J connectivity index is 2.48. The van der Waals surface area contributed by atoms with Gasteiger partial charge in [0.05, 0.1) is 13.2 Å². The first kappa shape index (κ1) is 11.2. The molecule has 0 unspecified atom stereocenters. The Hall–Kier alpha value is -0.900. The molecule has 0 heterocycles. The summed E-state index contributed by atoms with van der Waals surface area (Å²) in [6.07, 6.45) is 0. The second kappa shape index (κ2) is 5.75. The van der Waals surface area contributed by atoms with Gasteiger partial charge in [0.1, 0.15) is 0 Å². The highest BCUT2D eigenvalue weighted by Crippen LogP contribution is 2.09. The summed E-state index contributed by atoms with van der Waals surface area (Å²) in [5.41, 5.74) is 0.625. The van der Waals surface area contributed by atoms with E-state index in [1.54, 1.807) is 24.3 Å². The number of hydrogen-bond donors (Lipinski definition) is 2. The maximum absolute atomic E-state index is 11.4. The van der Waals surface area contributed by atoms with Crippen LogP contribution in [-0.2, 0) is 0 Å². The average molecular weight is 214 g/mol. The number of ketones is 1. The molecule has 0 spiro atoms. The van der Waals surface area contributed by atoms with Crippen molar-refractivity contribution in [2.24, 2.45) is 0 Å². The van der Waals surface area contributed by atoms with Gasteiger partial charge in [0.15, 0.2) is 5.78 Å². The predicted molar refractivity (Wildman–Crippen MR) is 55.7 cm³/mol. The summed E-state index contributed by atoms with van der Waals surface area (Å²) in [6.45, 7) is 0.704. The number of carbonyl (C=O) groups excluding carboxylic acids is 1. The van der Waals surface area contributed by atoms with E-state index < -0.39 is 0 Å². The van der Waals surface area contributed by atoms with Crippen LogP contribution in [0.15, 0.2) is 24.3 Å². The Labute approximate surface area is 87.7 Å². The third-order valence-electron chi connectivity index (χ3n) is 1.74.